The van der Waals surface area contributed by atoms with Crippen LogP contribution in [0.5, 0.6) is 11.5 Å². The maximum Gasteiger partial charge on any atom is 0.255 e. The average Bonchev–Trinajstić information content (AvgIpc) is 3.00. The Morgan fingerprint density at radius 1 is 0.814 bits per heavy atom. The van der Waals surface area contributed by atoms with Gasteiger partial charge in [-0.15, -0.1) is 0 Å². The van der Waals surface area contributed by atoms with Gasteiger partial charge in [0, 0.05) is 12.1 Å². The lowest BCUT2D eigenvalue weighted by atomic mass is 10.1. The van der Waals surface area contributed by atoms with Crippen molar-refractivity contribution in [1.82, 2.24) is 5.32 Å². The number of hydrogen-bond acceptors (Lipinski definition) is 6. The minimum atomic E-state index is -3.67. The van der Waals surface area contributed by atoms with Gasteiger partial charge in [0.2, 0.25) is 10.0 Å². The van der Waals surface area contributed by atoms with E-state index in [-0.39, 0.29) is 18.0 Å². The third-order valence-corrected chi connectivity index (χ3v) is 7.76. The Morgan fingerprint density at radius 3 is 2.12 bits per heavy atom. The van der Waals surface area contributed by atoms with Crippen molar-refractivity contribution in [3.05, 3.63) is 119 Å². The van der Waals surface area contributed by atoms with Crippen LogP contribution in [0.2, 0.25) is 0 Å². The molecule has 11 heteroatoms. The summed E-state index contributed by atoms with van der Waals surface area (Å²) in [4.78, 5) is 26.1. The third kappa shape index (κ3) is 8.10. The van der Waals surface area contributed by atoms with Gasteiger partial charge in [-0.05, 0) is 78.2 Å². The van der Waals surface area contributed by atoms with Crippen LogP contribution in [0.3, 0.4) is 0 Å². The molecule has 43 heavy (non-hydrogen) atoms. The second-order valence-corrected chi connectivity index (χ2v) is 11.5. The number of methoxy groups -OCH3 is 2. The van der Waals surface area contributed by atoms with E-state index in [0.717, 1.165) is 11.8 Å². The highest BCUT2D eigenvalue weighted by Gasteiger charge is 2.19. The molecule has 0 bridgehead atoms. The van der Waals surface area contributed by atoms with Crippen LogP contribution >= 0.6 is 0 Å². The topological polar surface area (TPSA) is 114 Å². The predicted octanol–water partition coefficient (Wildman–Crippen LogP) is 5.03. The van der Waals surface area contributed by atoms with Crippen molar-refractivity contribution >= 4 is 33.2 Å². The summed E-state index contributed by atoms with van der Waals surface area (Å²) in [6, 6.07) is 23.8. The molecule has 4 aromatic rings. The first-order chi connectivity index (χ1) is 20.6. The molecule has 0 aliphatic heterocycles. The summed E-state index contributed by atoms with van der Waals surface area (Å²) in [6.45, 7) is 0.353. The van der Waals surface area contributed by atoms with Crippen LogP contribution < -0.4 is 24.4 Å². The second-order valence-electron chi connectivity index (χ2n) is 9.64. The monoisotopic (exact) mass is 605 g/mol. The zero-order valence-corrected chi connectivity index (χ0v) is 24.8. The molecular weight excluding hydrogens is 573 g/mol. The van der Waals surface area contributed by atoms with Crippen molar-refractivity contribution in [3.63, 3.8) is 0 Å². The summed E-state index contributed by atoms with van der Waals surface area (Å²) in [7, 11) is -0.551. The first-order valence-electron chi connectivity index (χ1n) is 13.3. The van der Waals surface area contributed by atoms with Crippen molar-refractivity contribution < 1.29 is 31.9 Å². The fourth-order valence-electron chi connectivity index (χ4n) is 4.37. The van der Waals surface area contributed by atoms with Gasteiger partial charge < -0.3 is 20.1 Å². The summed E-state index contributed by atoms with van der Waals surface area (Å²) in [5, 5.41) is 5.65. The number of rotatable bonds is 12. The molecule has 0 saturated heterocycles. The van der Waals surface area contributed by atoms with Gasteiger partial charge >= 0.3 is 0 Å². The number of benzene rings is 4. The molecular formula is C32H32FN3O6S. The predicted molar refractivity (Wildman–Crippen MR) is 164 cm³/mol. The number of nitrogens with zero attached hydrogens (tertiary/aromatic N) is 1. The molecule has 2 N–H and O–H groups in total. The van der Waals surface area contributed by atoms with E-state index in [9.17, 15) is 22.4 Å². The average molecular weight is 606 g/mol. The summed E-state index contributed by atoms with van der Waals surface area (Å²) >= 11 is 0. The van der Waals surface area contributed by atoms with Crippen molar-refractivity contribution in [2.24, 2.45) is 0 Å². The molecule has 4 aromatic carbocycles. The Hall–Kier alpha value is -4.90. The quantitative estimate of drug-likeness (QED) is 0.234. The van der Waals surface area contributed by atoms with E-state index < -0.39 is 21.7 Å². The van der Waals surface area contributed by atoms with Crippen molar-refractivity contribution in [2.45, 2.75) is 13.0 Å². The summed E-state index contributed by atoms with van der Waals surface area (Å²) in [6.07, 6.45) is 1.63. The molecule has 0 spiro atoms. The van der Waals surface area contributed by atoms with Crippen molar-refractivity contribution in [2.75, 3.05) is 36.6 Å². The van der Waals surface area contributed by atoms with Crippen LogP contribution in [-0.4, -0.2) is 47.3 Å². The number of nitrogens with one attached hydrogen (secondary N) is 2. The van der Waals surface area contributed by atoms with Gasteiger partial charge in [-0.3, -0.25) is 13.9 Å². The minimum absolute atomic E-state index is 0.000841. The smallest absolute Gasteiger partial charge is 0.255 e. The van der Waals surface area contributed by atoms with E-state index in [1.807, 2.05) is 12.1 Å². The van der Waals surface area contributed by atoms with E-state index in [1.165, 1.54) is 52.8 Å². The number of sulfonamides is 1. The van der Waals surface area contributed by atoms with Gasteiger partial charge in [-0.1, -0.05) is 30.3 Å². The minimum Gasteiger partial charge on any atom is -0.493 e. The van der Waals surface area contributed by atoms with Gasteiger partial charge in [0.1, 0.15) is 5.82 Å². The van der Waals surface area contributed by atoms with E-state index in [1.54, 1.807) is 44.6 Å². The lowest BCUT2D eigenvalue weighted by molar-refractivity contribution is 0.0955. The molecule has 4 rings (SSSR count). The fraction of sp³-hybridized carbons (Fsp3) is 0.188. The molecule has 9 nitrogen and oxygen atoms in total. The second kappa shape index (κ2) is 13.8. The Kier molecular flexibility index (Phi) is 9.99. The molecule has 0 unspecified atom stereocenters. The van der Waals surface area contributed by atoms with E-state index >= 15 is 0 Å². The van der Waals surface area contributed by atoms with Gasteiger partial charge in [-0.25, -0.2) is 12.8 Å². The van der Waals surface area contributed by atoms with Crippen LogP contribution in [0.1, 0.15) is 31.8 Å². The first-order valence-corrected chi connectivity index (χ1v) is 15.2. The molecule has 0 aromatic heterocycles. The summed E-state index contributed by atoms with van der Waals surface area (Å²) in [5.41, 5.74) is 2.79. The zero-order chi connectivity index (χ0) is 31.0. The SMILES string of the molecule is COc1ccc(CCNC(=O)c2ccccc2NC(=O)c2ccc(N(Cc3ccc(F)cc3)S(C)(=O)=O)cc2)cc1OC. The van der Waals surface area contributed by atoms with Crippen LogP contribution in [-0.2, 0) is 23.0 Å². The number of hydrogen-bond donors (Lipinski definition) is 2. The van der Waals surface area contributed by atoms with Crippen LogP contribution in [0.4, 0.5) is 15.8 Å². The largest absolute Gasteiger partial charge is 0.493 e. The van der Waals surface area contributed by atoms with Gasteiger partial charge in [-0.2, -0.15) is 0 Å². The molecule has 0 fully saturated rings. The molecule has 0 atom stereocenters. The van der Waals surface area contributed by atoms with Crippen LogP contribution in [0.15, 0.2) is 91.0 Å². The Morgan fingerprint density at radius 2 is 1.47 bits per heavy atom. The molecule has 2 amide bonds. The van der Waals surface area contributed by atoms with Crippen LogP contribution in [0.25, 0.3) is 0 Å². The summed E-state index contributed by atoms with van der Waals surface area (Å²) in [5.74, 6) is -0.0202. The van der Waals surface area contributed by atoms with Crippen molar-refractivity contribution in [3.8, 4) is 11.5 Å². The highest BCUT2D eigenvalue weighted by molar-refractivity contribution is 7.92. The Balaban J connectivity index is 1.41. The number of ether oxygens (including phenoxy) is 2. The standard InChI is InChI=1S/C32H32FN3O6S/c1-41-29-17-10-22(20-30(29)42-2)18-19-34-32(38)27-6-4-5-7-28(27)35-31(37)24-11-15-26(16-12-24)36(43(3,39)40)21-23-8-13-25(33)14-9-23/h4-17,20H,18-19,21H2,1-3H3,(H,34,38)(H,35,37). The molecule has 0 aliphatic carbocycles. The van der Waals surface area contributed by atoms with Gasteiger partial charge in [0.25, 0.3) is 11.8 Å². The highest BCUT2D eigenvalue weighted by atomic mass is 32.2. The van der Waals surface area contributed by atoms with Crippen molar-refractivity contribution in [1.29, 1.82) is 0 Å². The highest BCUT2D eigenvalue weighted by Crippen LogP contribution is 2.28. The number of amides is 2. The lowest BCUT2D eigenvalue weighted by Crippen LogP contribution is -2.29. The fourth-order valence-corrected chi connectivity index (χ4v) is 5.26. The number of halogens is 1. The third-order valence-electron chi connectivity index (χ3n) is 6.62. The number of carbonyl (C=O) groups excluding carboxylic acids is 2. The normalized spacial score (nSPS) is 11.0. The number of carbonyl (C=O) groups is 2. The van der Waals surface area contributed by atoms with Gasteiger partial charge in [0.05, 0.1) is 44.0 Å². The molecule has 0 heterocycles. The number of para-hydroxylation sites is 1. The molecule has 0 aliphatic rings. The Bertz CT molecular complexity index is 1690. The van der Waals surface area contributed by atoms with Gasteiger partial charge in [0.15, 0.2) is 11.5 Å². The van der Waals surface area contributed by atoms with Crippen LogP contribution in [0, 0.1) is 5.82 Å². The van der Waals surface area contributed by atoms with E-state index in [2.05, 4.69) is 10.6 Å². The zero-order valence-electron chi connectivity index (χ0n) is 24.0. The lowest BCUT2D eigenvalue weighted by Gasteiger charge is -2.23. The maximum atomic E-state index is 13.3. The molecule has 224 valence electrons. The number of anilines is 2. The molecule has 0 radical (unpaired) electrons. The first kappa shape index (κ1) is 31.0. The summed E-state index contributed by atoms with van der Waals surface area (Å²) < 4.78 is 50.0. The molecule has 0 saturated carbocycles. The Labute approximate surface area is 250 Å². The van der Waals surface area contributed by atoms with E-state index in [4.69, 9.17) is 9.47 Å². The van der Waals surface area contributed by atoms with E-state index in [0.29, 0.717) is 47.0 Å². The maximum absolute atomic E-state index is 13.3.